The summed E-state index contributed by atoms with van der Waals surface area (Å²) in [6, 6.07) is -0.475. The second kappa shape index (κ2) is 4.87. The van der Waals surface area contributed by atoms with Gasteiger partial charge in [-0.1, -0.05) is 6.08 Å². The summed E-state index contributed by atoms with van der Waals surface area (Å²) in [4.78, 5) is 10.8. The number of hydrogen-bond donors (Lipinski definition) is 3. The Hall–Kier alpha value is -0.870. The molecule has 1 unspecified atom stereocenters. The van der Waals surface area contributed by atoms with E-state index in [0.717, 1.165) is 0 Å². The van der Waals surface area contributed by atoms with Gasteiger partial charge in [0.1, 0.15) is 6.10 Å². The van der Waals surface area contributed by atoms with E-state index in [0.29, 0.717) is 0 Å². The highest BCUT2D eigenvalue weighted by atomic mass is 16.3. The molecule has 0 aromatic rings. The zero-order chi connectivity index (χ0) is 8.85. The van der Waals surface area contributed by atoms with E-state index in [1.54, 1.807) is 0 Å². The van der Waals surface area contributed by atoms with Crippen LogP contribution >= 0.6 is 0 Å². The molecule has 0 aliphatic rings. The molecule has 0 aromatic heterocycles. The Kier molecular flexibility index (Phi) is 4.49. The molecular weight excluding hydrogens is 146 g/mol. The maximum atomic E-state index is 10.8. The molecule has 11 heavy (non-hydrogen) atoms. The number of carbonyl (C=O) groups is 1. The van der Waals surface area contributed by atoms with E-state index < -0.39 is 18.1 Å². The largest absolute Gasteiger partial charge is 0.394 e. The number of carbonyl (C=O) groups excluding carboxylic acids is 1. The lowest BCUT2D eigenvalue weighted by atomic mass is 10.3. The molecule has 0 spiro atoms. The van der Waals surface area contributed by atoms with Crippen molar-refractivity contribution in [1.29, 1.82) is 0 Å². The lowest BCUT2D eigenvalue weighted by molar-refractivity contribution is -0.129. The molecule has 0 rings (SSSR count). The van der Waals surface area contributed by atoms with Crippen LogP contribution in [0.2, 0.25) is 0 Å². The van der Waals surface area contributed by atoms with Crippen molar-refractivity contribution in [3.63, 3.8) is 0 Å². The average Bonchev–Trinajstić information content (AvgIpc) is 1.99. The molecule has 2 atom stereocenters. The first-order valence-electron chi connectivity index (χ1n) is 3.33. The van der Waals surface area contributed by atoms with Crippen LogP contribution in [0.15, 0.2) is 12.7 Å². The van der Waals surface area contributed by atoms with E-state index in [-0.39, 0.29) is 6.61 Å². The van der Waals surface area contributed by atoms with Crippen LogP contribution < -0.4 is 5.32 Å². The van der Waals surface area contributed by atoms with E-state index in [1.165, 1.54) is 13.0 Å². The standard InChI is InChI=1S/C7H13NO3/c1-3-6(4-9)8-7(11)5(2)10/h3,5-6,9-10H,1,4H2,2H3,(H,8,11)/t5-,6?/m1/s1. The van der Waals surface area contributed by atoms with E-state index in [9.17, 15) is 4.79 Å². The smallest absolute Gasteiger partial charge is 0.249 e. The summed E-state index contributed by atoms with van der Waals surface area (Å²) in [6.07, 6.45) is 0.351. The van der Waals surface area contributed by atoms with Crippen molar-refractivity contribution in [3.05, 3.63) is 12.7 Å². The lowest BCUT2D eigenvalue weighted by Gasteiger charge is -2.12. The van der Waals surface area contributed by atoms with Crippen molar-refractivity contribution >= 4 is 5.91 Å². The molecule has 0 heterocycles. The predicted octanol–water partition coefficient (Wildman–Crippen LogP) is -0.970. The monoisotopic (exact) mass is 159 g/mol. The molecule has 0 fully saturated rings. The Balaban J connectivity index is 3.81. The van der Waals surface area contributed by atoms with Crippen LogP contribution in [0.5, 0.6) is 0 Å². The third-order valence-electron chi connectivity index (χ3n) is 1.19. The Morgan fingerprint density at radius 3 is 2.64 bits per heavy atom. The SMILES string of the molecule is C=CC(CO)NC(=O)[C@@H](C)O. The molecule has 0 aliphatic heterocycles. The number of aliphatic hydroxyl groups excluding tert-OH is 2. The number of amides is 1. The van der Waals surface area contributed by atoms with Gasteiger partial charge in [0.25, 0.3) is 0 Å². The first-order valence-corrected chi connectivity index (χ1v) is 3.33. The maximum Gasteiger partial charge on any atom is 0.249 e. The van der Waals surface area contributed by atoms with Crippen LogP contribution in [0.3, 0.4) is 0 Å². The highest BCUT2D eigenvalue weighted by Gasteiger charge is 2.11. The summed E-state index contributed by atoms with van der Waals surface area (Å²) >= 11 is 0. The number of nitrogens with one attached hydrogen (secondary N) is 1. The zero-order valence-electron chi connectivity index (χ0n) is 6.45. The van der Waals surface area contributed by atoms with Crippen LogP contribution in [0, 0.1) is 0 Å². The molecule has 0 saturated heterocycles. The van der Waals surface area contributed by atoms with Crippen molar-refractivity contribution in [2.24, 2.45) is 0 Å². The molecule has 0 saturated carbocycles. The van der Waals surface area contributed by atoms with Crippen molar-refractivity contribution in [2.45, 2.75) is 19.1 Å². The van der Waals surface area contributed by atoms with E-state index in [2.05, 4.69) is 11.9 Å². The summed E-state index contributed by atoms with van der Waals surface area (Å²) in [5.74, 6) is -0.510. The number of hydrogen-bond acceptors (Lipinski definition) is 3. The summed E-state index contributed by atoms with van der Waals surface area (Å²) in [7, 11) is 0. The quantitative estimate of drug-likeness (QED) is 0.462. The summed E-state index contributed by atoms with van der Waals surface area (Å²) in [5.41, 5.74) is 0. The van der Waals surface area contributed by atoms with Crippen molar-refractivity contribution in [3.8, 4) is 0 Å². The molecule has 0 aliphatic carbocycles. The van der Waals surface area contributed by atoms with Gasteiger partial charge in [0, 0.05) is 0 Å². The normalized spacial score (nSPS) is 15.2. The van der Waals surface area contributed by atoms with Gasteiger partial charge in [0.05, 0.1) is 12.6 Å². The van der Waals surface area contributed by atoms with E-state index >= 15 is 0 Å². The fraction of sp³-hybridized carbons (Fsp3) is 0.571. The topological polar surface area (TPSA) is 69.6 Å². The van der Waals surface area contributed by atoms with Gasteiger partial charge in [0.15, 0.2) is 0 Å². The zero-order valence-corrected chi connectivity index (χ0v) is 6.45. The highest BCUT2D eigenvalue weighted by molar-refractivity contribution is 5.80. The Morgan fingerprint density at radius 1 is 1.82 bits per heavy atom. The van der Waals surface area contributed by atoms with Crippen molar-refractivity contribution < 1.29 is 15.0 Å². The molecular formula is C7H13NO3. The first kappa shape index (κ1) is 10.1. The average molecular weight is 159 g/mol. The van der Waals surface area contributed by atoms with Gasteiger partial charge >= 0.3 is 0 Å². The molecule has 1 amide bonds. The molecule has 4 nitrogen and oxygen atoms in total. The van der Waals surface area contributed by atoms with Gasteiger partial charge in [0.2, 0.25) is 5.91 Å². The molecule has 4 heteroatoms. The second-order valence-electron chi connectivity index (χ2n) is 2.21. The van der Waals surface area contributed by atoms with Crippen LogP contribution in [0.4, 0.5) is 0 Å². The first-order chi connectivity index (χ1) is 5.11. The Labute approximate surface area is 65.5 Å². The van der Waals surface area contributed by atoms with Gasteiger partial charge in [-0.25, -0.2) is 0 Å². The fourth-order valence-corrected chi connectivity index (χ4v) is 0.482. The fourth-order valence-electron chi connectivity index (χ4n) is 0.482. The summed E-state index contributed by atoms with van der Waals surface area (Å²) in [5, 5.41) is 19.7. The van der Waals surface area contributed by atoms with Crippen molar-refractivity contribution in [2.75, 3.05) is 6.61 Å². The van der Waals surface area contributed by atoms with E-state index in [4.69, 9.17) is 10.2 Å². The minimum atomic E-state index is -1.05. The highest BCUT2D eigenvalue weighted by Crippen LogP contribution is 1.85. The molecule has 0 aromatic carbocycles. The van der Waals surface area contributed by atoms with Gasteiger partial charge in [-0.15, -0.1) is 6.58 Å². The van der Waals surface area contributed by atoms with Crippen LogP contribution in [0.1, 0.15) is 6.92 Å². The van der Waals surface area contributed by atoms with Crippen LogP contribution in [-0.4, -0.2) is 34.9 Å². The lowest BCUT2D eigenvalue weighted by Crippen LogP contribution is -2.41. The van der Waals surface area contributed by atoms with Gasteiger partial charge in [-0.05, 0) is 6.92 Å². The predicted molar refractivity (Wildman–Crippen MR) is 40.9 cm³/mol. The minimum Gasteiger partial charge on any atom is -0.394 e. The summed E-state index contributed by atoms with van der Waals surface area (Å²) in [6.45, 7) is 4.54. The van der Waals surface area contributed by atoms with Crippen LogP contribution in [-0.2, 0) is 4.79 Å². The van der Waals surface area contributed by atoms with Crippen molar-refractivity contribution in [1.82, 2.24) is 5.32 Å². The third-order valence-corrected chi connectivity index (χ3v) is 1.19. The Morgan fingerprint density at radius 2 is 2.36 bits per heavy atom. The van der Waals surface area contributed by atoms with Crippen LogP contribution in [0.25, 0.3) is 0 Å². The van der Waals surface area contributed by atoms with Gasteiger partial charge in [-0.3, -0.25) is 4.79 Å². The molecule has 3 N–H and O–H groups in total. The third kappa shape index (κ3) is 3.75. The summed E-state index contributed by atoms with van der Waals surface area (Å²) < 4.78 is 0. The number of aliphatic hydroxyl groups is 2. The van der Waals surface area contributed by atoms with Gasteiger partial charge in [-0.2, -0.15) is 0 Å². The van der Waals surface area contributed by atoms with E-state index in [1.807, 2.05) is 0 Å². The maximum absolute atomic E-state index is 10.8. The molecule has 0 bridgehead atoms. The molecule has 64 valence electrons. The minimum absolute atomic E-state index is 0.206. The van der Waals surface area contributed by atoms with Gasteiger partial charge < -0.3 is 15.5 Å². The number of rotatable bonds is 4. The Bertz CT molecular complexity index is 145. The second-order valence-corrected chi connectivity index (χ2v) is 2.21. The molecule has 0 radical (unpaired) electrons.